The molecule has 1 N–H and O–H groups in total. The van der Waals surface area contributed by atoms with E-state index in [2.05, 4.69) is 19.6 Å². The van der Waals surface area contributed by atoms with Gasteiger partial charge in [-0.1, -0.05) is 0 Å². The van der Waals surface area contributed by atoms with Crippen molar-refractivity contribution in [3.63, 3.8) is 0 Å². The third-order valence-electron chi connectivity index (χ3n) is 1.26. The van der Waals surface area contributed by atoms with Crippen molar-refractivity contribution < 1.29 is 9.53 Å². The lowest BCUT2D eigenvalue weighted by atomic mass is 10.3. The van der Waals surface area contributed by atoms with Gasteiger partial charge in [-0.15, -0.1) is 0 Å². The van der Waals surface area contributed by atoms with Crippen LogP contribution >= 0.6 is 0 Å². The van der Waals surface area contributed by atoms with Crippen LogP contribution in [0.25, 0.3) is 0 Å². The zero-order chi connectivity index (χ0) is 9.19. The van der Waals surface area contributed by atoms with Gasteiger partial charge < -0.3 is 9.53 Å². The minimum Gasteiger partial charge on any atom is -0.544 e. The van der Waals surface area contributed by atoms with Gasteiger partial charge in [0.25, 0.3) is 0 Å². The summed E-state index contributed by atoms with van der Waals surface area (Å²) in [5.41, 5.74) is 0. The molecule has 0 aliphatic heterocycles. The van der Waals surface area contributed by atoms with Gasteiger partial charge in [-0.2, -0.15) is 0 Å². The second kappa shape index (κ2) is 3.19. The molecule has 12 heavy (non-hydrogen) atoms. The fraction of sp³-hybridized carbons (Fsp3) is 0.333. The van der Waals surface area contributed by atoms with Gasteiger partial charge in [-0.3, -0.25) is 0 Å². The summed E-state index contributed by atoms with van der Waals surface area (Å²) in [7, 11) is -1.50. The standard InChI is InChI=1S/C9H14O2Si/c1-12(2,3)11-9-6-4-8(10)5-7-9/h4-7,10H,1-3H3. The van der Waals surface area contributed by atoms with Gasteiger partial charge in [0.1, 0.15) is 11.5 Å². The Balaban J connectivity index is 2.71. The van der Waals surface area contributed by atoms with Crippen LogP contribution in [-0.2, 0) is 0 Å². The molecule has 3 heteroatoms. The van der Waals surface area contributed by atoms with Crippen molar-refractivity contribution >= 4 is 8.32 Å². The van der Waals surface area contributed by atoms with E-state index in [1.165, 1.54) is 0 Å². The predicted octanol–water partition coefficient (Wildman–Crippen LogP) is 2.61. The lowest BCUT2D eigenvalue weighted by Crippen LogP contribution is -2.29. The molecule has 0 amide bonds. The summed E-state index contributed by atoms with van der Waals surface area (Å²) < 4.78 is 5.68. The van der Waals surface area contributed by atoms with Crippen molar-refractivity contribution in [2.45, 2.75) is 19.6 Å². The van der Waals surface area contributed by atoms with Crippen molar-refractivity contribution in [3.8, 4) is 11.5 Å². The first-order valence-corrected chi connectivity index (χ1v) is 7.36. The Kier molecular flexibility index (Phi) is 2.42. The van der Waals surface area contributed by atoms with Crippen molar-refractivity contribution in [2.75, 3.05) is 0 Å². The Labute approximate surface area is 73.9 Å². The van der Waals surface area contributed by atoms with E-state index in [0.29, 0.717) is 0 Å². The Hall–Kier alpha value is -0.963. The number of rotatable bonds is 2. The zero-order valence-corrected chi connectivity index (χ0v) is 8.66. The van der Waals surface area contributed by atoms with E-state index in [1.54, 1.807) is 24.3 Å². The number of phenolic OH excluding ortho intramolecular Hbond substituents is 1. The Morgan fingerprint density at radius 2 is 1.58 bits per heavy atom. The third kappa shape index (κ3) is 2.96. The molecule has 0 bridgehead atoms. The van der Waals surface area contributed by atoms with Gasteiger partial charge in [-0.25, -0.2) is 0 Å². The average Bonchev–Trinajstić information content (AvgIpc) is 1.91. The summed E-state index contributed by atoms with van der Waals surface area (Å²) in [6.07, 6.45) is 0. The summed E-state index contributed by atoms with van der Waals surface area (Å²) in [5.74, 6) is 1.12. The summed E-state index contributed by atoms with van der Waals surface area (Å²) in [6, 6.07) is 6.84. The molecule has 0 saturated carbocycles. The van der Waals surface area contributed by atoms with Gasteiger partial charge in [0.2, 0.25) is 8.32 Å². The maximum atomic E-state index is 9.01. The topological polar surface area (TPSA) is 29.5 Å². The van der Waals surface area contributed by atoms with Crippen molar-refractivity contribution in [1.82, 2.24) is 0 Å². The van der Waals surface area contributed by atoms with Crippen molar-refractivity contribution in [2.24, 2.45) is 0 Å². The van der Waals surface area contributed by atoms with Crippen LogP contribution in [-0.4, -0.2) is 13.4 Å². The summed E-state index contributed by atoms with van der Waals surface area (Å²) >= 11 is 0. The molecule has 1 aromatic carbocycles. The van der Waals surface area contributed by atoms with Crippen LogP contribution in [0.4, 0.5) is 0 Å². The normalized spacial score (nSPS) is 11.2. The second-order valence-corrected chi connectivity index (χ2v) is 8.14. The van der Waals surface area contributed by atoms with E-state index in [4.69, 9.17) is 9.53 Å². The summed E-state index contributed by atoms with van der Waals surface area (Å²) in [4.78, 5) is 0. The molecule has 0 fully saturated rings. The lowest BCUT2D eigenvalue weighted by molar-refractivity contribution is 0.473. The van der Waals surface area contributed by atoms with Gasteiger partial charge in [0, 0.05) is 0 Å². The van der Waals surface area contributed by atoms with E-state index in [1.807, 2.05) is 0 Å². The van der Waals surface area contributed by atoms with Crippen LogP contribution in [0.15, 0.2) is 24.3 Å². The first-order valence-electron chi connectivity index (χ1n) is 3.95. The highest BCUT2D eigenvalue weighted by Gasteiger charge is 2.15. The van der Waals surface area contributed by atoms with Crippen LogP contribution in [0.2, 0.25) is 19.6 Å². The van der Waals surface area contributed by atoms with Crippen LogP contribution in [0.1, 0.15) is 0 Å². The monoisotopic (exact) mass is 182 g/mol. The summed E-state index contributed by atoms with van der Waals surface area (Å²) in [6.45, 7) is 6.37. The first kappa shape index (κ1) is 9.13. The Morgan fingerprint density at radius 3 is 2.00 bits per heavy atom. The Morgan fingerprint density at radius 1 is 1.08 bits per heavy atom. The first-order chi connectivity index (χ1) is 5.47. The van der Waals surface area contributed by atoms with E-state index < -0.39 is 8.32 Å². The van der Waals surface area contributed by atoms with Crippen LogP contribution < -0.4 is 4.43 Å². The minimum atomic E-state index is -1.50. The number of aromatic hydroxyl groups is 1. The molecule has 0 unspecified atom stereocenters. The molecule has 1 rings (SSSR count). The van der Waals surface area contributed by atoms with E-state index >= 15 is 0 Å². The maximum Gasteiger partial charge on any atom is 0.242 e. The molecule has 1 aromatic rings. The van der Waals surface area contributed by atoms with Crippen LogP contribution in [0.5, 0.6) is 11.5 Å². The van der Waals surface area contributed by atoms with E-state index in [9.17, 15) is 0 Å². The fourth-order valence-electron chi connectivity index (χ4n) is 0.868. The van der Waals surface area contributed by atoms with E-state index in [0.717, 1.165) is 5.75 Å². The highest BCUT2D eigenvalue weighted by molar-refractivity contribution is 6.70. The minimum absolute atomic E-state index is 0.276. The van der Waals surface area contributed by atoms with Gasteiger partial charge in [0.15, 0.2) is 0 Å². The highest BCUT2D eigenvalue weighted by Crippen LogP contribution is 2.19. The number of phenols is 1. The second-order valence-electron chi connectivity index (χ2n) is 3.71. The molecule has 0 aliphatic rings. The van der Waals surface area contributed by atoms with Crippen LogP contribution in [0, 0.1) is 0 Å². The SMILES string of the molecule is C[Si](C)(C)Oc1ccc(O)cc1. The molecule has 66 valence electrons. The highest BCUT2D eigenvalue weighted by atomic mass is 28.4. The fourth-order valence-corrected chi connectivity index (χ4v) is 1.71. The molecule has 0 atom stereocenters. The largest absolute Gasteiger partial charge is 0.544 e. The van der Waals surface area contributed by atoms with E-state index in [-0.39, 0.29) is 5.75 Å². The van der Waals surface area contributed by atoms with Gasteiger partial charge in [-0.05, 0) is 43.9 Å². The molecule has 0 aliphatic carbocycles. The third-order valence-corrected chi connectivity index (χ3v) is 2.11. The predicted molar refractivity (Wildman–Crippen MR) is 52.1 cm³/mol. The van der Waals surface area contributed by atoms with Gasteiger partial charge >= 0.3 is 0 Å². The molecular weight excluding hydrogens is 168 g/mol. The summed E-state index contributed by atoms with van der Waals surface area (Å²) in [5, 5.41) is 9.01. The molecule has 0 heterocycles. The molecular formula is C9H14O2Si. The Bertz CT molecular complexity index is 248. The van der Waals surface area contributed by atoms with Crippen molar-refractivity contribution in [1.29, 1.82) is 0 Å². The van der Waals surface area contributed by atoms with Gasteiger partial charge in [0.05, 0.1) is 0 Å². The average molecular weight is 182 g/mol. The molecule has 2 nitrogen and oxygen atoms in total. The number of hydrogen-bond donors (Lipinski definition) is 1. The molecule has 0 radical (unpaired) electrons. The molecule has 0 spiro atoms. The lowest BCUT2D eigenvalue weighted by Gasteiger charge is -2.18. The number of benzene rings is 1. The molecule has 0 aromatic heterocycles. The van der Waals surface area contributed by atoms with Crippen molar-refractivity contribution in [3.05, 3.63) is 24.3 Å². The maximum absolute atomic E-state index is 9.01. The molecule has 0 saturated heterocycles. The zero-order valence-electron chi connectivity index (χ0n) is 7.66. The smallest absolute Gasteiger partial charge is 0.242 e. The van der Waals surface area contributed by atoms with Crippen LogP contribution in [0.3, 0.4) is 0 Å². The quantitative estimate of drug-likeness (QED) is 0.712. The number of hydrogen-bond acceptors (Lipinski definition) is 2.